The number of nitrogens with zero attached hydrogens (tertiary/aromatic N) is 1. The summed E-state index contributed by atoms with van der Waals surface area (Å²) in [6.45, 7) is 0. The number of aromatic nitrogens is 1. The van der Waals surface area contributed by atoms with E-state index in [4.69, 9.17) is 25.1 Å². The molecule has 3 amide bonds. The molecule has 0 saturated carbocycles. The summed E-state index contributed by atoms with van der Waals surface area (Å²) in [6, 6.07) is 12.4. The van der Waals surface area contributed by atoms with Gasteiger partial charge < -0.3 is 31.0 Å². The van der Waals surface area contributed by atoms with Gasteiger partial charge in [-0.3, -0.25) is 19.4 Å². The number of ether oxygens (including phenoxy) is 3. The van der Waals surface area contributed by atoms with Gasteiger partial charge in [-0.25, -0.2) is 4.39 Å². The Morgan fingerprint density at radius 2 is 1.69 bits per heavy atom. The Labute approximate surface area is 239 Å². The molecule has 0 radical (unpaired) electrons. The number of carbonyl (C=O) groups excluding carboxylic acids is 3. The number of alkyl halides is 3. The quantitative estimate of drug-likeness (QED) is 0.232. The minimum Gasteiger partial charge on any atom is -0.493 e. The number of nitrogens with one attached hydrogen (secondary N) is 1. The summed E-state index contributed by atoms with van der Waals surface area (Å²) in [5.74, 6) is -6.95. The molecule has 1 aromatic heterocycles. The van der Waals surface area contributed by atoms with Crippen LogP contribution in [0, 0.1) is 5.82 Å². The van der Waals surface area contributed by atoms with Gasteiger partial charge in [0.15, 0.2) is 11.5 Å². The molecule has 4 aromatic rings. The molecule has 0 atom stereocenters. The normalized spacial score (nSPS) is 12.3. The Bertz CT molecular complexity index is 1800. The van der Waals surface area contributed by atoms with E-state index in [0.717, 1.165) is 36.5 Å². The summed E-state index contributed by atoms with van der Waals surface area (Å²) in [5, 5.41) is 2.35. The Morgan fingerprint density at radius 1 is 0.929 bits per heavy atom. The first-order valence-electron chi connectivity index (χ1n) is 13.1. The topological polar surface area (TPSA) is 156 Å². The third-order valence-corrected chi connectivity index (χ3v) is 5.53. The van der Waals surface area contributed by atoms with Gasteiger partial charge in [0.2, 0.25) is 5.91 Å². The Kier molecular flexibility index (Phi) is 7.13. The molecular weight excluding hydrogens is 564 g/mol. The molecule has 3 aromatic carbocycles. The maximum Gasteiger partial charge on any atom is 0.573 e. The molecule has 5 N–H and O–H groups in total. The van der Waals surface area contributed by atoms with E-state index >= 15 is 4.39 Å². The van der Waals surface area contributed by atoms with Crippen molar-refractivity contribution in [2.45, 2.75) is 6.36 Å². The number of hydrogen-bond donors (Lipinski definition) is 3. The first-order valence-corrected chi connectivity index (χ1v) is 11.6. The lowest BCUT2D eigenvalue weighted by molar-refractivity contribution is -0.274. The zero-order valence-corrected chi connectivity index (χ0v) is 21.0. The molecule has 1 heterocycles. The second-order valence-electron chi connectivity index (χ2n) is 8.35. The number of rotatable bonds is 9. The van der Waals surface area contributed by atoms with Crippen molar-refractivity contribution in [3.05, 3.63) is 95.6 Å². The first-order chi connectivity index (χ1) is 21.0. The standard InChI is InChI=1S/C28H20F4N4O6/c1-40-22-13-16(42-28(30,31)32)6-7-21(22)41-23-11-14(17-4-2-3-5-18(17)25(33)37)10-19(29)24(23)27(39)36-15-8-9-35-20(12-15)26(34)38/h2-13H,1H3,(H2,33,37)(H2,34,38)(H,35,36,39)/i1D3. The van der Waals surface area contributed by atoms with Crippen LogP contribution in [0.2, 0.25) is 0 Å². The van der Waals surface area contributed by atoms with E-state index in [2.05, 4.69) is 15.0 Å². The number of halogens is 4. The van der Waals surface area contributed by atoms with Crippen molar-refractivity contribution < 1.29 is 50.3 Å². The smallest absolute Gasteiger partial charge is 0.493 e. The monoisotopic (exact) mass is 587 g/mol. The average molecular weight is 588 g/mol. The van der Waals surface area contributed by atoms with Gasteiger partial charge in [0, 0.05) is 23.5 Å². The highest BCUT2D eigenvalue weighted by Gasteiger charge is 2.31. The summed E-state index contributed by atoms with van der Waals surface area (Å²) in [5.41, 5.74) is 9.71. The number of anilines is 1. The number of hydrogen-bond acceptors (Lipinski definition) is 7. The van der Waals surface area contributed by atoms with Gasteiger partial charge in [0.25, 0.3) is 11.8 Å². The summed E-state index contributed by atoms with van der Waals surface area (Å²) in [7, 11) is -3.19. The van der Waals surface area contributed by atoms with Crippen LogP contribution in [0.5, 0.6) is 23.0 Å². The zero-order valence-electron chi connectivity index (χ0n) is 24.0. The highest BCUT2D eigenvalue weighted by molar-refractivity contribution is 6.08. The average Bonchev–Trinajstić information content (AvgIpc) is 2.92. The summed E-state index contributed by atoms with van der Waals surface area (Å²) in [4.78, 5) is 40.7. The van der Waals surface area contributed by atoms with E-state index in [-0.39, 0.29) is 28.1 Å². The Balaban J connectivity index is 1.87. The predicted molar refractivity (Wildman–Crippen MR) is 141 cm³/mol. The second kappa shape index (κ2) is 11.8. The molecule has 0 unspecified atom stereocenters. The maximum atomic E-state index is 15.8. The van der Waals surface area contributed by atoms with Gasteiger partial charge in [-0.15, -0.1) is 13.2 Å². The molecule has 0 saturated heterocycles. The molecule has 10 nitrogen and oxygen atoms in total. The molecule has 0 spiro atoms. The van der Waals surface area contributed by atoms with E-state index in [1.165, 1.54) is 30.3 Å². The van der Waals surface area contributed by atoms with Crippen molar-refractivity contribution in [2.75, 3.05) is 12.4 Å². The van der Waals surface area contributed by atoms with Crippen LogP contribution in [0.4, 0.5) is 23.2 Å². The summed E-state index contributed by atoms with van der Waals surface area (Å²) < 4.78 is 90.9. The molecule has 4 rings (SSSR count). The van der Waals surface area contributed by atoms with Crippen LogP contribution in [0.25, 0.3) is 11.1 Å². The fourth-order valence-corrected chi connectivity index (χ4v) is 3.79. The molecular formula is C28H20F4N4O6. The van der Waals surface area contributed by atoms with E-state index in [0.29, 0.717) is 6.07 Å². The third kappa shape index (κ3) is 6.72. The number of nitrogens with two attached hydrogens (primary N) is 2. The zero-order chi connectivity index (χ0) is 33.1. The fraction of sp³-hybridized carbons (Fsp3) is 0.0714. The van der Waals surface area contributed by atoms with Crippen molar-refractivity contribution >= 4 is 23.4 Å². The molecule has 0 fully saturated rings. The van der Waals surface area contributed by atoms with Crippen LogP contribution < -0.4 is 31.0 Å². The Hall–Kier alpha value is -5.66. The van der Waals surface area contributed by atoms with Gasteiger partial charge in [-0.1, -0.05) is 18.2 Å². The molecule has 0 aliphatic rings. The fourth-order valence-electron chi connectivity index (χ4n) is 3.79. The number of pyridine rings is 1. The van der Waals surface area contributed by atoms with Crippen LogP contribution in [-0.4, -0.2) is 36.1 Å². The molecule has 42 heavy (non-hydrogen) atoms. The van der Waals surface area contributed by atoms with E-state index < -0.39 is 65.5 Å². The maximum absolute atomic E-state index is 15.8. The van der Waals surface area contributed by atoms with Gasteiger partial charge in [0.05, 0.1) is 11.2 Å². The van der Waals surface area contributed by atoms with E-state index in [1.54, 1.807) is 0 Å². The van der Waals surface area contributed by atoms with Crippen LogP contribution >= 0.6 is 0 Å². The lowest BCUT2D eigenvalue weighted by Gasteiger charge is -2.17. The molecule has 0 aliphatic carbocycles. The molecule has 0 bridgehead atoms. The van der Waals surface area contributed by atoms with Crippen LogP contribution in [0.3, 0.4) is 0 Å². The van der Waals surface area contributed by atoms with Gasteiger partial charge >= 0.3 is 6.36 Å². The van der Waals surface area contributed by atoms with E-state index in [1.807, 2.05) is 0 Å². The van der Waals surface area contributed by atoms with Crippen molar-refractivity contribution in [3.63, 3.8) is 0 Å². The lowest BCUT2D eigenvalue weighted by atomic mass is 9.97. The highest BCUT2D eigenvalue weighted by Crippen LogP contribution is 2.40. The predicted octanol–water partition coefficient (Wildman–Crippen LogP) is 5.04. The van der Waals surface area contributed by atoms with Gasteiger partial charge in [0.1, 0.15) is 28.6 Å². The number of primary amides is 2. The lowest BCUT2D eigenvalue weighted by Crippen LogP contribution is -2.18. The SMILES string of the molecule is [2H]C([2H])([2H])Oc1cc(OC(F)(F)F)ccc1Oc1cc(-c2ccccc2C(N)=O)cc(F)c1C(=O)Nc1ccnc(C(N)=O)c1. The number of methoxy groups -OCH3 is 1. The largest absolute Gasteiger partial charge is 0.573 e. The molecule has 216 valence electrons. The van der Waals surface area contributed by atoms with Crippen molar-refractivity contribution in [1.29, 1.82) is 0 Å². The van der Waals surface area contributed by atoms with Crippen LogP contribution in [-0.2, 0) is 0 Å². The summed E-state index contributed by atoms with van der Waals surface area (Å²) in [6.07, 6.45) is -3.99. The minimum atomic E-state index is -5.14. The van der Waals surface area contributed by atoms with Crippen molar-refractivity contribution in [1.82, 2.24) is 4.98 Å². The molecule has 14 heteroatoms. The van der Waals surface area contributed by atoms with Crippen molar-refractivity contribution in [2.24, 2.45) is 11.5 Å². The minimum absolute atomic E-state index is 0.0244. The second-order valence-corrected chi connectivity index (χ2v) is 8.35. The summed E-state index contributed by atoms with van der Waals surface area (Å²) >= 11 is 0. The highest BCUT2D eigenvalue weighted by atomic mass is 19.4. The number of amides is 3. The van der Waals surface area contributed by atoms with Crippen LogP contribution in [0.1, 0.15) is 35.3 Å². The van der Waals surface area contributed by atoms with Gasteiger partial charge in [-0.2, -0.15) is 0 Å². The molecule has 0 aliphatic heterocycles. The van der Waals surface area contributed by atoms with Crippen LogP contribution in [0.15, 0.2) is 72.9 Å². The van der Waals surface area contributed by atoms with E-state index in [9.17, 15) is 27.6 Å². The Morgan fingerprint density at radius 3 is 2.38 bits per heavy atom. The van der Waals surface area contributed by atoms with Crippen molar-refractivity contribution in [3.8, 4) is 34.1 Å². The first kappa shape index (κ1) is 25.3. The number of carbonyl (C=O) groups is 3. The van der Waals surface area contributed by atoms with Gasteiger partial charge in [-0.05, 0) is 53.6 Å². The number of benzene rings is 3. The third-order valence-electron chi connectivity index (χ3n) is 5.53.